The molecule has 1 aliphatic heterocycles. The van der Waals surface area contributed by atoms with E-state index in [2.05, 4.69) is 97.1 Å². The van der Waals surface area contributed by atoms with Gasteiger partial charge in [0.05, 0.1) is 11.0 Å². The average molecular weight is 524 g/mol. The van der Waals surface area contributed by atoms with Crippen molar-refractivity contribution < 1.29 is 0 Å². The molecule has 0 atom stereocenters. The van der Waals surface area contributed by atoms with Crippen molar-refractivity contribution >= 4 is 27.6 Å². The summed E-state index contributed by atoms with van der Waals surface area (Å²) in [5, 5.41) is 11.9. The van der Waals surface area contributed by atoms with Crippen molar-refractivity contribution in [2.24, 2.45) is 14.1 Å². The number of rotatable bonds is 4. The van der Waals surface area contributed by atoms with Gasteiger partial charge in [0, 0.05) is 69.0 Å². The van der Waals surface area contributed by atoms with Gasteiger partial charge in [-0.2, -0.15) is 10.2 Å². The first-order valence-electron chi connectivity index (χ1n) is 14.0. The van der Waals surface area contributed by atoms with Crippen molar-refractivity contribution in [1.29, 1.82) is 0 Å². The molecule has 0 aliphatic carbocycles. The minimum Gasteiger partial charge on any atom is -0.352 e. The quantitative estimate of drug-likeness (QED) is 0.280. The Bertz CT molecular complexity index is 1550. The highest BCUT2D eigenvalue weighted by Crippen LogP contribution is 2.31. The van der Waals surface area contributed by atoms with Crippen LogP contribution in [0.5, 0.6) is 0 Å². The highest BCUT2D eigenvalue weighted by Gasteiger charge is 2.20. The standard InChI is InChI=1S/C16H24N4.C16H17N3/c1-12(2)13-5-6-15-14(11-13)16(17-19(15)4)20-9-7-18(3)8-10-20;1-11(2)12-6-7-15-14(9-12)16(18-19(15)3)13-5-4-8-17-10-13/h5-6,11-12H,7-10H2,1-4H3;4-11H,1-3H3. The minimum atomic E-state index is 0.520. The van der Waals surface area contributed by atoms with Gasteiger partial charge in [-0.3, -0.25) is 14.3 Å². The topological polar surface area (TPSA) is 55.0 Å². The van der Waals surface area contributed by atoms with Gasteiger partial charge in [-0.1, -0.05) is 39.8 Å². The summed E-state index contributed by atoms with van der Waals surface area (Å²) in [6.07, 6.45) is 3.65. The molecule has 1 saturated heterocycles. The van der Waals surface area contributed by atoms with Gasteiger partial charge in [-0.15, -0.1) is 0 Å². The zero-order valence-corrected chi connectivity index (χ0v) is 24.4. The van der Waals surface area contributed by atoms with Gasteiger partial charge in [0.1, 0.15) is 5.69 Å². The summed E-state index contributed by atoms with van der Waals surface area (Å²) in [5.74, 6) is 2.23. The number of anilines is 1. The molecule has 7 nitrogen and oxygen atoms in total. The number of nitrogens with zero attached hydrogens (tertiary/aromatic N) is 7. The van der Waals surface area contributed by atoms with Crippen molar-refractivity contribution in [1.82, 2.24) is 29.4 Å². The molecule has 4 heterocycles. The summed E-state index contributed by atoms with van der Waals surface area (Å²) < 4.78 is 3.94. The van der Waals surface area contributed by atoms with Gasteiger partial charge in [0.15, 0.2) is 5.82 Å². The molecule has 6 rings (SSSR count). The van der Waals surface area contributed by atoms with Gasteiger partial charge >= 0.3 is 0 Å². The Morgan fingerprint density at radius 2 is 1.28 bits per heavy atom. The fourth-order valence-electron chi connectivity index (χ4n) is 5.23. The molecule has 0 bridgehead atoms. The van der Waals surface area contributed by atoms with Crippen LogP contribution in [0.25, 0.3) is 33.1 Å². The van der Waals surface area contributed by atoms with E-state index < -0.39 is 0 Å². The van der Waals surface area contributed by atoms with Crippen LogP contribution in [0.15, 0.2) is 60.9 Å². The lowest BCUT2D eigenvalue weighted by atomic mass is 10.00. The maximum Gasteiger partial charge on any atom is 0.158 e. The van der Waals surface area contributed by atoms with Crippen LogP contribution in [0.3, 0.4) is 0 Å². The fourth-order valence-corrected chi connectivity index (χ4v) is 5.23. The normalized spacial score (nSPS) is 14.4. The van der Waals surface area contributed by atoms with Crippen molar-refractivity contribution in [3.8, 4) is 11.3 Å². The van der Waals surface area contributed by atoms with Gasteiger partial charge in [-0.05, 0) is 66.4 Å². The second kappa shape index (κ2) is 11.2. The third kappa shape index (κ3) is 5.55. The van der Waals surface area contributed by atoms with Gasteiger partial charge in [-0.25, -0.2) is 0 Å². The molecule has 0 radical (unpaired) electrons. The molecule has 0 spiro atoms. The van der Waals surface area contributed by atoms with Crippen molar-refractivity contribution in [2.75, 3.05) is 38.1 Å². The van der Waals surface area contributed by atoms with Crippen LogP contribution in [0.1, 0.15) is 50.7 Å². The van der Waals surface area contributed by atoms with Crippen LogP contribution in [-0.4, -0.2) is 62.7 Å². The second-order valence-corrected chi connectivity index (χ2v) is 11.3. The first-order valence-corrected chi connectivity index (χ1v) is 14.0. The predicted octanol–water partition coefficient (Wildman–Crippen LogP) is 6.21. The molecule has 0 saturated carbocycles. The van der Waals surface area contributed by atoms with Crippen LogP contribution in [0, 0.1) is 0 Å². The Balaban J connectivity index is 0.000000158. The van der Waals surface area contributed by atoms with Gasteiger partial charge in [0.2, 0.25) is 0 Å². The Labute approximate surface area is 232 Å². The van der Waals surface area contributed by atoms with Crippen molar-refractivity contribution in [3.05, 3.63) is 72.1 Å². The highest BCUT2D eigenvalue weighted by atomic mass is 15.4. The predicted molar refractivity (Wildman–Crippen MR) is 163 cm³/mol. The zero-order valence-electron chi connectivity index (χ0n) is 24.4. The Kier molecular flexibility index (Phi) is 7.71. The number of aromatic nitrogens is 5. The molecular formula is C32H41N7. The number of aryl methyl sites for hydroxylation is 2. The van der Waals surface area contributed by atoms with Crippen LogP contribution in [0.4, 0.5) is 5.82 Å². The molecule has 2 aromatic carbocycles. The molecule has 5 aromatic rings. The average Bonchev–Trinajstić information content (AvgIpc) is 3.46. The first-order chi connectivity index (χ1) is 18.7. The summed E-state index contributed by atoms with van der Waals surface area (Å²) in [5.41, 5.74) is 7.18. The van der Waals surface area contributed by atoms with Crippen molar-refractivity contribution in [3.63, 3.8) is 0 Å². The summed E-state index contributed by atoms with van der Waals surface area (Å²) in [7, 11) is 6.21. The summed E-state index contributed by atoms with van der Waals surface area (Å²) >= 11 is 0. The Morgan fingerprint density at radius 3 is 1.87 bits per heavy atom. The first kappa shape index (κ1) is 26.9. The zero-order chi connectivity index (χ0) is 27.7. The lowest BCUT2D eigenvalue weighted by Crippen LogP contribution is -2.44. The van der Waals surface area contributed by atoms with E-state index in [9.17, 15) is 0 Å². The molecule has 1 fully saturated rings. The van der Waals surface area contributed by atoms with E-state index in [1.54, 1.807) is 6.20 Å². The minimum absolute atomic E-state index is 0.520. The molecule has 204 valence electrons. The maximum absolute atomic E-state index is 4.76. The number of fused-ring (bicyclic) bond motifs is 2. The monoisotopic (exact) mass is 523 g/mol. The molecule has 7 heteroatoms. The maximum atomic E-state index is 4.76. The Morgan fingerprint density at radius 1 is 0.692 bits per heavy atom. The van der Waals surface area contributed by atoms with E-state index in [0.717, 1.165) is 48.8 Å². The molecule has 0 amide bonds. The van der Waals surface area contributed by atoms with Crippen LogP contribution in [-0.2, 0) is 14.1 Å². The highest BCUT2D eigenvalue weighted by molar-refractivity contribution is 5.94. The number of piperazine rings is 1. The number of hydrogen-bond donors (Lipinski definition) is 0. The number of likely N-dealkylation sites (N-methyl/N-ethyl adjacent to an activating group) is 1. The van der Waals surface area contributed by atoms with E-state index in [4.69, 9.17) is 5.10 Å². The molecule has 39 heavy (non-hydrogen) atoms. The number of benzene rings is 2. The lowest BCUT2D eigenvalue weighted by molar-refractivity contribution is 0.312. The fraction of sp³-hybridized carbons (Fsp3) is 0.406. The van der Waals surface area contributed by atoms with Gasteiger partial charge in [0.25, 0.3) is 0 Å². The SMILES string of the molecule is CC(C)c1ccc2c(c1)c(-c1cccnc1)nn2C.CC(C)c1ccc2c(c1)c(N1CCN(C)CC1)nn2C. The summed E-state index contributed by atoms with van der Waals surface area (Å²) in [6.45, 7) is 13.3. The van der Waals surface area contributed by atoms with E-state index in [1.165, 1.54) is 27.4 Å². The van der Waals surface area contributed by atoms with Gasteiger partial charge < -0.3 is 9.80 Å². The smallest absolute Gasteiger partial charge is 0.158 e. The third-order valence-corrected chi connectivity index (χ3v) is 7.80. The third-order valence-electron chi connectivity index (χ3n) is 7.80. The molecule has 3 aromatic heterocycles. The molecular weight excluding hydrogens is 482 g/mol. The van der Waals surface area contributed by atoms with E-state index in [1.807, 2.05) is 35.7 Å². The summed E-state index contributed by atoms with van der Waals surface area (Å²) in [4.78, 5) is 8.98. The van der Waals surface area contributed by atoms with Crippen LogP contribution >= 0.6 is 0 Å². The second-order valence-electron chi connectivity index (χ2n) is 11.3. The Hall–Kier alpha value is -3.71. The van der Waals surface area contributed by atoms with E-state index >= 15 is 0 Å². The van der Waals surface area contributed by atoms with Crippen molar-refractivity contribution in [2.45, 2.75) is 39.5 Å². The summed E-state index contributed by atoms with van der Waals surface area (Å²) in [6, 6.07) is 17.3. The number of pyridine rings is 1. The van der Waals surface area contributed by atoms with E-state index in [-0.39, 0.29) is 0 Å². The van der Waals surface area contributed by atoms with Crippen LogP contribution < -0.4 is 4.90 Å². The molecule has 0 unspecified atom stereocenters. The lowest BCUT2D eigenvalue weighted by Gasteiger charge is -2.32. The molecule has 1 aliphatic rings. The van der Waals surface area contributed by atoms with Crippen LogP contribution in [0.2, 0.25) is 0 Å². The number of hydrogen-bond acceptors (Lipinski definition) is 5. The van der Waals surface area contributed by atoms with E-state index in [0.29, 0.717) is 11.8 Å². The largest absolute Gasteiger partial charge is 0.352 e. The molecule has 0 N–H and O–H groups in total.